The minimum Gasteiger partial charge on any atom is -0.493 e. The SMILES string of the molecule is CCCOc1ccc(CNC(CCC(N)=O)C(=O)O)cc1-c1nc(CC)c(CC)c(=O)[nH]1. The molecule has 0 spiro atoms. The van der Waals surface area contributed by atoms with E-state index in [0.717, 1.165) is 17.7 Å². The molecule has 0 saturated heterocycles. The minimum absolute atomic E-state index is 0.0201. The van der Waals surface area contributed by atoms with Gasteiger partial charge in [-0.05, 0) is 43.4 Å². The second kappa shape index (κ2) is 12.0. The number of carboxylic acids is 1. The van der Waals surface area contributed by atoms with Crippen molar-refractivity contribution >= 4 is 11.9 Å². The number of H-pyrrole nitrogens is 1. The fourth-order valence-corrected chi connectivity index (χ4v) is 3.38. The molecule has 5 N–H and O–H groups in total. The number of carboxylic acid groups (broad SMARTS) is 1. The smallest absolute Gasteiger partial charge is 0.320 e. The third kappa shape index (κ3) is 6.65. The number of nitrogens with two attached hydrogens (primary N) is 1. The highest BCUT2D eigenvalue weighted by atomic mass is 16.5. The summed E-state index contributed by atoms with van der Waals surface area (Å²) in [6.45, 7) is 6.63. The number of aryl methyl sites for hydroxylation is 1. The molecule has 0 aliphatic rings. The van der Waals surface area contributed by atoms with Crippen LogP contribution in [0.3, 0.4) is 0 Å². The Kier molecular flexibility index (Phi) is 9.39. The first-order valence-corrected chi connectivity index (χ1v) is 10.9. The predicted octanol–water partition coefficient (Wildman–Crippen LogP) is 2.16. The predicted molar refractivity (Wildman–Crippen MR) is 122 cm³/mol. The lowest BCUT2D eigenvalue weighted by atomic mass is 10.1. The molecule has 0 bridgehead atoms. The van der Waals surface area contributed by atoms with E-state index in [-0.39, 0.29) is 24.9 Å². The van der Waals surface area contributed by atoms with Crippen molar-refractivity contribution in [2.75, 3.05) is 6.61 Å². The highest BCUT2D eigenvalue weighted by Crippen LogP contribution is 2.29. The number of carbonyl (C=O) groups is 2. The number of carbonyl (C=O) groups excluding carboxylic acids is 1. The third-order valence-corrected chi connectivity index (χ3v) is 5.08. The van der Waals surface area contributed by atoms with E-state index in [2.05, 4.69) is 15.3 Å². The summed E-state index contributed by atoms with van der Waals surface area (Å²) in [6, 6.07) is 4.54. The van der Waals surface area contributed by atoms with Gasteiger partial charge in [-0.1, -0.05) is 26.8 Å². The van der Waals surface area contributed by atoms with Crippen molar-refractivity contribution < 1.29 is 19.4 Å². The van der Waals surface area contributed by atoms with Crippen molar-refractivity contribution in [1.29, 1.82) is 0 Å². The van der Waals surface area contributed by atoms with Crippen LogP contribution in [0.4, 0.5) is 0 Å². The molecule has 0 radical (unpaired) electrons. The maximum atomic E-state index is 12.6. The first kappa shape index (κ1) is 25.1. The molecule has 1 amide bonds. The van der Waals surface area contributed by atoms with Crippen LogP contribution in [0, 0.1) is 0 Å². The van der Waals surface area contributed by atoms with Gasteiger partial charge in [-0.25, -0.2) is 4.98 Å². The van der Waals surface area contributed by atoms with E-state index in [4.69, 9.17) is 10.5 Å². The molecular weight excluding hydrogens is 412 g/mol. The monoisotopic (exact) mass is 444 g/mol. The van der Waals surface area contributed by atoms with E-state index in [0.29, 0.717) is 42.1 Å². The number of benzene rings is 1. The minimum atomic E-state index is -1.05. The number of aromatic amines is 1. The molecule has 0 aliphatic heterocycles. The van der Waals surface area contributed by atoms with Gasteiger partial charge in [-0.2, -0.15) is 0 Å². The van der Waals surface area contributed by atoms with Crippen LogP contribution in [0.15, 0.2) is 23.0 Å². The molecular formula is C23H32N4O5. The Hall–Kier alpha value is -3.20. The Morgan fingerprint density at radius 3 is 2.59 bits per heavy atom. The zero-order chi connectivity index (χ0) is 23.7. The maximum absolute atomic E-state index is 12.6. The van der Waals surface area contributed by atoms with Gasteiger partial charge in [0, 0.05) is 18.5 Å². The van der Waals surface area contributed by atoms with Gasteiger partial charge in [-0.15, -0.1) is 0 Å². The fourth-order valence-electron chi connectivity index (χ4n) is 3.38. The first-order chi connectivity index (χ1) is 15.3. The Morgan fingerprint density at radius 1 is 1.25 bits per heavy atom. The summed E-state index contributed by atoms with van der Waals surface area (Å²) in [6.07, 6.45) is 2.13. The van der Waals surface area contributed by atoms with Crippen LogP contribution < -0.4 is 21.3 Å². The second-order valence-corrected chi connectivity index (χ2v) is 7.50. The summed E-state index contributed by atoms with van der Waals surface area (Å²) in [4.78, 5) is 42.6. The normalized spacial score (nSPS) is 11.8. The van der Waals surface area contributed by atoms with Gasteiger partial charge < -0.3 is 25.9 Å². The lowest BCUT2D eigenvalue weighted by Gasteiger charge is -2.16. The van der Waals surface area contributed by atoms with Crippen LogP contribution in [0.25, 0.3) is 11.4 Å². The first-order valence-electron chi connectivity index (χ1n) is 10.9. The topological polar surface area (TPSA) is 147 Å². The average Bonchev–Trinajstić information content (AvgIpc) is 2.76. The Bertz CT molecular complexity index is 1000. The second-order valence-electron chi connectivity index (χ2n) is 7.50. The van der Waals surface area contributed by atoms with Gasteiger partial charge in [0.05, 0.1) is 17.9 Å². The number of aromatic nitrogens is 2. The van der Waals surface area contributed by atoms with Crippen LogP contribution >= 0.6 is 0 Å². The van der Waals surface area contributed by atoms with Crippen molar-refractivity contribution in [2.24, 2.45) is 5.73 Å². The number of nitrogens with one attached hydrogen (secondary N) is 2. The van der Waals surface area contributed by atoms with E-state index in [1.807, 2.05) is 32.9 Å². The Morgan fingerprint density at radius 2 is 2.00 bits per heavy atom. The van der Waals surface area contributed by atoms with Gasteiger partial charge in [-0.3, -0.25) is 14.4 Å². The molecule has 0 fully saturated rings. The van der Waals surface area contributed by atoms with Crippen LogP contribution in [0.1, 0.15) is 56.9 Å². The summed E-state index contributed by atoms with van der Waals surface area (Å²) in [7, 11) is 0. The zero-order valence-corrected chi connectivity index (χ0v) is 18.9. The summed E-state index contributed by atoms with van der Waals surface area (Å²) >= 11 is 0. The largest absolute Gasteiger partial charge is 0.493 e. The Balaban J connectivity index is 2.38. The lowest BCUT2D eigenvalue weighted by molar-refractivity contribution is -0.139. The highest BCUT2D eigenvalue weighted by Gasteiger charge is 2.19. The summed E-state index contributed by atoms with van der Waals surface area (Å²) in [5.74, 6) is -0.591. The average molecular weight is 445 g/mol. The van der Waals surface area contributed by atoms with Crippen molar-refractivity contribution in [3.63, 3.8) is 0 Å². The van der Waals surface area contributed by atoms with Crippen molar-refractivity contribution in [3.05, 3.63) is 45.4 Å². The molecule has 0 aliphatic carbocycles. The van der Waals surface area contributed by atoms with E-state index < -0.39 is 17.9 Å². The van der Waals surface area contributed by atoms with Crippen LogP contribution in [0.2, 0.25) is 0 Å². The molecule has 1 aromatic heterocycles. The summed E-state index contributed by atoms with van der Waals surface area (Å²) in [5.41, 5.74) is 7.80. The quantitative estimate of drug-likeness (QED) is 0.370. The highest BCUT2D eigenvalue weighted by molar-refractivity contribution is 5.77. The van der Waals surface area contributed by atoms with Crippen molar-refractivity contribution in [2.45, 2.75) is 65.5 Å². The van der Waals surface area contributed by atoms with Gasteiger partial charge >= 0.3 is 5.97 Å². The third-order valence-electron chi connectivity index (χ3n) is 5.08. The molecule has 1 atom stereocenters. The number of aliphatic carboxylic acids is 1. The number of amides is 1. The van der Waals surface area contributed by atoms with Crippen LogP contribution in [-0.2, 0) is 29.0 Å². The molecule has 9 heteroatoms. The molecule has 0 saturated carbocycles. The number of nitrogens with zero attached hydrogens (tertiary/aromatic N) is 1. The van der Waals surface area contributed by atoms with Gasteiger partial charge in [0.15, 0.2) is 0 Å². The van der Waals surface area contributed by atoms with E-state index >= 15 is 0 Å². The Labute approximate surface area is 187 Å². The fraction of sp³-hybridized carbons (Fsp3) is 0.478. The summed E-state index contributed by atoms with van der Waals surface area (Å²) < 4.78 is 5.87. The van der Waals surface area contributed by atoms with Gasteiger partial charge in [0.2, 0.25) is 5.91 Å². The number of ether oxygens (including phenoxy) is 1. The molecule has 1 heterocycles. The van der Waals surface area contributed by atoms with Crippen LogP contribution in [-0.4, -0.2) is 39.6 Å². The molecule has 2 aromatic rings. The molecule has 1 aromatic carbocycles. The van der Waals surface area contributed by atoms with E-state index in [1.165, 1.54) is 0 Å². The number of hydrogen-bond acceptors (Lipinski definition) is 6. The number of primary amides is 1. The molecule has 1 unspecified atom stereocenters. The lowest BCUT2D eigenvalue weighted by Crippen LogP contribution is -2.37. The number of rotatable bonds is 13. The zero-order valence-electron chi connectivity index (χ0n) is 18.9. The standard InChI is InChI=1S/C23H32N4O5/c1-4-11-32-19-9-7-14(13-25-18(23(30)31)8-10-20(24)28)12-16(19)21-26-17(6-3)15(5-2)22(29)27-21/h7,9,12,18,25H,4-6,8,10-11,13H2,1-3H3,(H2,24,28)(H,30,31)(H,26,27,29). The van der Waals surface area contributed by atoms with Crippen molar-refractivity contribution in [3.8, 4) is 17.1 Å². The molecule has 174 valence electrons. The molecule has 2 rings (SSSR count). The summed E-state index contributed by atoms with van der Waals surface area (Å²) in [5, 5.41) is 12.3. The number of hydrogen-bond donors (Lipinski definition) is 4. The van der Waals surface area contributed by atoms with E-state index in [1.54, 1.807) is 6.07 Å². The van der Waals surface area contributed by atoms with Crippen LogP contribution in [0.5, 0.6) is 5.75 Å². The van der Waals surface area contributed by atoms with Gasteiger partial charge in [0.1, 0.15) is 17.6 Å². The maximum Gasteiger partial charge on any atom is 0.320 e. The van der Waals surface area contributed by atoms with Gasteiger partial charge in [0.25, 0.3) is 5.56 Å². The van der Waals surface area contributed by atoms with Crippen molar-refractivity contribution in [1.82, 2.24) is 15.3 Å². The molecule has 9 nitrogen and oxygen atoms in total. The molecule has 32 heavy (non-hydrogen) atoms. The van der Waals surface area contributed by atoms with E-state index in [9.17, 15) is 19.5 Å².